The molecule has 4 fully saturated rings. The quantitative estimate of drug-likeness (QED) is 0.296. The van der Waals surface area contributed by atoms with Crippen LogP contribution in [0.1, 0.15) is 19.3 Å². The fraction of sp³-hybridized carbons (Fsp3) is 0.944. The molecule has 0 aromatic rings. The van der Waals surface area contributed by atoms with Gasteiger partial charge in [0.1, 0.15) is 6.17 Å². The van der Waals surface area contributed by atoms with Gasteiger partial charge >= 0.3 is 0 Å². The number of fused-ring (bicyclic) bond motifs is 1. The number of nitrogens with two attached hydrogens (primary N) is 1. The zero-order valence-corrected chi connectivity index (χ0v) is 17.2. The lowest BCUT2D eigenvalue weighted by atomic mass is 9.77. The minimum Gasteiger partial charge on any atom is -0.351 e. The minimum atomic E-state index is -0.964. The summed E-state index contributed by atoms with van der Waals surface area (Å²) in [5, 5.41) is 11.5. The number of likely N-dealkylation sites (tertiary alicyclic amines) is 1. The molecule has 28 heavy (non-hydrogen) atoms. The molecule has 8 nitrogen and oxygen atoms in total. The number of likely N-dealkylation sites (N-methyl/N-ethyl adjacent to an activating group) is 1. The monoisotopic (exact) mass is 417 g/mol. The first-order valence-electron chi connectivity index (χ1n) is 10.5. The second kappa shape index (κ2) is 8.67. The summed E-state index contributed by atoms with van der Waals surface area (Å²) in [5.74, 6) is 0.155. The van der Waals surface area contributed by atoms with Crippen molar-refractivity contribution in [2.24, 2.45) is 23.5 Å². The standard InChI is InChI=1S/C18H33ClFN7O/c1-26-6-4-11(12-3-2-5-22-15(12)19)13(9-26)24-18(28)14-16(21)25-27-8-10(20)7-23-17(14)27/h10-17,22-23,25H,2-9,21H2,1H3,(H,24,28). The van der Waals surface area contributed by atoms with Crippen LogP contribution in [0.5, 0.6) is 0 Å². The Kier molecular flexibility index (Phi) is 6.41. The van der Waals surface area contributed by atoms with E-state index in [-0.39, 0.29) is 36.7 Å². The number of piperidine rings is 2. The van der Waals surface area contributed by atoms with E-state index in [1.165, 1.54) is 0 Å². The van der Waals surface area contributed by atoms with Gasteiger partial charge in [-0.25, -0.2) is 14.8 Å². The lowest BCUT2D eigenvalue weighted by Crippen LogP contribution is -2.61. The van der Waals surface area contributed by atoms with Crippen molar-refractivity contribution in [2.45, 2.75) is 49.3 Å². The Hall–Kier alpha value is -0.550. The van der Waals surface area contributed by atoms with E-state index in [1.54, 1.807) is 5.01 Å². The van der Waals surface area contributed by atoms with Gasteiger partial charge in [-0.2, -0.15) is 0 Å². The highest BCUT2D eigenvalue weighted by Crippen LogP contribution is 2.34. The summed E-state index contributed by atoms with van der Waals surface area (Å²) in [7, 11) is 2.08. The predicted molar refractivity (Wildman–Crippen MR) is 106 cm³/mol. The number of nitrogens with zero attached hydrogens (tertiary/aromatic N) is 2. The van der Waals surface area contributed by atoms with Gasteiger partial charge < -0.3 is 21.3 Å². The Morgan fingerprint density at radius 2 is 2.07 bits per heavy atom. The molecule has 8 unspecified atom stereocenters. The second-order valence-electron chi connectivity index (χ2n) is 8.78. The molecule has 4 aliphatic rings. The summed E-state index contributed by atoms with van der Waals surface area (Å²) in [5.41, 5.74) is 9.20. The lowest BCUT2D eigenvalue weighted by Gasteiger charge is -2.44. The van der Waals surface area contributed by atoms with Crippen molar-refractivity contribution in [2.75, 3.05) is 39.8 Å². The van der Waals surface area contributed by atoms with Crippen molar-refractivity contribution in [1.29, 1.82) is 0 Å². The van der Waals surface area contributed by atoms with Gasteiger partial charge in [-0.1, -0.05) is 0 Å². The number of halogens is 2. The predicted octanol–water partition coefficient (Wildman–Crippen LogP) is -1.02. The Labute approximate surface area is 171 Å². The molecule has 0 bridgehead atoms. The molecular formula is C18H33ClFN7O. The molecule has 0 aromatic carbocycles. The van der Waals surface area contributed by atoms with Gasteiger partial charge in [0.15, 0.2) is 0 Å². The van der Waals surface area contributed by atoms with E-state index < -0.39 is 18.3 Å². The molecule has 4 saturated heterocycles. The summed E-state index contributed by atoms with van der Waals surface area (Å²) in [6.45, 7) is 3.26. The number of alkyl halides is 2. The highest BCUT2D eigenvalue weighted by atomic mass is 35.5. The zero-order valence-electron chi connectivity index (χ0n) is 16.4. The van der Waals surface area contributed by atoms with Crippen LogP contribution in [0.2, 0.25) is 0 Å². The van der Waals surface area contributed by atoms with Crippen LogP contribution < -0.4 is 27.1 Å². The van der Waals surface area contributed by atoms with Crippen LogP contribution >= 0.6 is 11.6 Å². The molecule has 0 aromatic heterocycles. The van der Waals surface area contributed by atoms with Crippen LogP contribution in [-0.2, 0) is 4.79 Å². The minimum absolute atomic E-state index is 0.0381. The average molecular weight is 418 g/mol. The fourth-order valence-electron chi connectivity index (χ4n) is 5.36. The van der Waals surface area contributed by atoms with Crippen molar-refractivity contribution in [3.63, 3.8) is 0 Å². The van der Waals surface area contributed by atoms with Crippen molar-refractivity contribution in [1.82, 2.24) is 31.3 Å². The number of amides is 1. The third kappa shape index (κ3) is 4.16. The first kappa shape index (κ1) is 20.7. The number of nitrogens with one attached hydrogen (secondary N) is 4. The van der Waals surface area contributed by atoms with E-state index in [9.17, 15) is 9.18 Å². The molecule has 0 aliphatic carbocycles. The highest BCUT2D eigenvalue weighted by Gasteiger charge is 2.48. The van der Waals surface area contributed by atoms with Crippen LogP contribution in [0.3, 0.4) is 0 Å². The number of rotatable bonds is 3. The molecule has 4 rings (SSSR count). The van der Waals surface area contributed by atoms with Gasteiger partial charge in [-0.05, 0) is 51.2 Å². The topological polar surface area (TPSA) is 97.7 Å². The number of hydrogen-bond acceptors (Lipinski definition) is 7. The number of carbonyl (C=O) groups is 1. The summed E-state index contributed by atoms with van der Waals surface area (Å²) in [6, 6.07) is 0.0381. The van der Waals surface area contributed by atoms with E-state index in [1.807, 2.05) is 0 Å². The normalized spacial score (nSPS) is 45.6. The Bertz CT molecular complexity index is 572. The molecule has 6 N–H and O–H groups in total. The summed E-state index contributed by atoms with van der Waals surface area (Å²) in [4.78, 5) is 15.5. The third-order valence-electron chi connectivity index (χ3n) is 6.80. The SMILES string of the molecule is CN1CCC(C2CCCNC2Cl)C(NC(=O)C2C(N)NN3CC(F)CNC23)C1. The van der Waals surface area contributed by atoms with Crippen LogP contribution in [0.25, 0.3) is 0 Å². The van der Waals surface area contributed by atoms with E-state index in [0.717, 1.165) is 38.9 Å². The Balaban J connectivity index is 1.45. The number of hydrogen-bond donors (Lipinski definition) is 5. The molecule has 160 valence electrons. The van der Waals surface area contributed by atoms with Crippen LogP contribution in [0, 0.1) is 17.8 Å². The molecule has 0 radical (unpaired) electrons. The van der Waals surface area contributed by atoms with Crippen LogP contribution in [-0.4, -0.2) is 85.6 Å². The fourth-order valence-corrected chi connectivity index (χ4v) is 5.78. The third-order valence-corrected chi connectivity index (χ3v) is 7.28. The Morgan fingerprint density at radius 3 is 2.86 bits per heavy atom. The maximum atomic E-state index is 13.7. The van der Waals surface area contributed by atoms with E-state index in [0.29, 0.717) is 11.8 Å². The first-order chi connectivity index (χ1) is 13.4. The number of carbonyl (C=O) groups excluding carboxylic acids is 1. The van der Waals surface area contributed by atoms with Gasteiger partial charge in [0, 0.05) is 25.7 Å². The van der Waals surface area contributed by atoms with Gasteiger partial charge in [-0.15, -0.1) is 11.6 Å². The molecular weight excluding hydrogens is 385 g/mol. The van der Waals surface area contributed by atoms with Gasteiger partial charge in [0.05, 0.1) is 23.8 Å². The summed E-state index contributed by atoms with van der Waals surface area (Å²) in [6.07, 6.45) is 1.45. The van der Waals surface area contributed by atoms with Crippen LogP contribution in [0.4, 0.5) is 4.39 Å². The van der Waals surface area contributed by atoms with Gasteiger partial charge in [-0.3, -0.25) is 10.1 Å². The van der Waals surface area contributed by atoms with Crippen molar-refractivity contribution < 1.29 is 9.18 Å². The van der Waals surface area contributed by atoms with E-state index >= 15 is 0 Å². The summed E-state index contributed by atoms with van der Waals surface area (Å²) >= 11 is 6.59. The molecule has 10 heteroatoms. The van der Waals surface area contributed by atoms with Crippen molar-refractivity contribution >= 4 is 17.5 Å². The largest absolute Gasteiger partial charge is 0.351 e. The zero-order chi connectivity index (χ0) is 19.8. The second-order valence-corrected chi connectivity index (χ2v) is 9.25. The lowest BCUT2D eigenvalue weighted by molar-refractivity contribution is -0.128. The molecule has 8 atom stereocenters. The smallest absolute Gasteiger partial charge is 0.229 e. The molecule has 4 aliphatic heterocycles. The molecule has 0 spiro atoms. The van der Waals surface area contributed by atoms with E-state index in [2.05, 4.69) is 33.3 Å². The molecule has 4 heterocycles. The van der Waals surface area contributed by atoms with Gasteiger partial charge in [0.25, 0.3) is 0 Å². The maximum Gasteiger partial charge on any atom is 0.229 e. The van der Waals surface area contributed by atoms with E-state index in [4.69, 9.17) is 17.3 Å². The first-order valence-corrected chi connectivity index (χ1v) is 10.9. The van der Waals surface area contributed by atoms with Gasteiger partial charge in [0.2, 0.25) is 5.91 Å². The van der Waals surface area contributed by atoms with Crippen LogP contribution in [0.15, 0.2) is 0 Å². The van der Waals surface area contributed by atoms with Crippen molar-refractivity contribution in [3.8, 4) is 0 Å². The molecule has 1 amide bonds. The highest BCUT2D eigenvalue weighted by molar-refractivity contribution is 6.20. The summed E-state index contributed by atoms with van der Waals surface area (Å²) < 4.78 is 13.7. The molecule has 0 saturated carbocycles. The maximum absolute atomic E-state index is 13.7. The average Bonchev–Trinajstić information content (AvgIpc) is 2.97. The Morgan fingerprint density at radius 1 is 1.25 bits per heavy atom. The number of hydrazine groups is 1. The van der Waals surface area contributed by atoms with Crippen molar-refractivity contribution in [3.05, 3.63) is 0 Å².